The van der Waals surface area contributed by atoms with Crippen LogP contribution in [0.1, 0.15) is 64.0 Å². The molecule has 1 aliphatic carbocycles. The van der Waals surface area contributed by atoms with Crippen LogP contribution in [0.15, 0.2) is 54.6 Å². The number of anilines is 1. The molecule has 1 saturated carbocycles. The summed E-state index contributed by atoms with van der Waals surface area (Å²) in [6.07, 6.45) is 6.73. The van der Waals surface area contributed by atoms with Crippen molar-refractivity contribution in [2.24, 2.45) is 23.7 Å². The van der Waals surface area contributed by atoms with Gasteiger partial charge in [-0.15, -0.1) is 0 Å². The minimum Gasteiger partial charge on any atom is -0.493 e. The molecule has 2 bridgehead atoms. The second-order valence-corrected chi connectivity index (χ2v) is 13.8. The lowest BCUT2D eigenvalue weighted by molar-refractivity contribution is -0.141. The lowest BCUT2D eigenvalue weighted by Crippen LogP contribution is -2.58. The third-order valence-corrected chi connectivity index (χ3v) is 10.9. The standard InChI is InChI=1S/C37H47N3O6/c1-21(2)25-11-13-26(14-12-25)38-34(41)31-29-16-18-37(46-29)32(31)36(43)40(19-17-24-10-15-28(44-5)30(20-24)45-6)33(37)35(42)39-27-9-7-8-22(3)23(27)4/h10-16,18,20-23,27,29,31-33H,7-9,17,19H2,1-6H3,(H,38,41)(H,39,42)/t22-,23-,27+,29+,31+,32+,33-,37-/m0/s1. The van der Waals surface area contributed by atoms with E-state index in [0.717, 1.165) is 24.8 Å². The molecule has 2 aromatic rings. The molecule has 3 amide bonds. The molecule has 0 aromatic heterocycles. The van der Waals surface area contributed by atoms with E-state index in [1.807, 2.05) is 54.6 Å². The van der Waals surface area contributed by atoms with Crippen LogP contribution < -0.4 is 20.1 Å². The number of amides is 3. The number of ether oxygens (including phenoxy) is 3. The molecule has 3 heterocycles. The third kappa shape index (κ3) is 5.57. The summed E-state index contributed by atoms with van der Waals surface area (Å²) >= 11 is 0. The van der Waals surface area contributed by atoms with Crippen molar-refractivity contribution in [1.82, 2.24) is 10.2 Å². The highest BCUT2D eigenvalue weighted by Gasteiger charge is 2.72. The van der Waals surface area contributed by atoms with E-state index >= 15 is 0 Å². The molecule has 246 valence electrons. The van der Waals surface area contributed by atoms with Crippen molar-refractivity contribution >= 4 is 23.4 Å². The molecule has 3 fully saturated rings. The smallest absolute Gasteiger partial charge is 0.246 e. The number of carbonyl (C=O) groups excluding carboxylic acids is 3. The van der Waals surface area contributed by atoms with Crippen LogP contribution in [-0.4, -0.2) is 67.2 Å². The van der Waals surface area contributed by atoms with Gasteiger partial charge < -0.3 is 29.7 Å². The largest absolute Gasteiger partial charge is 0.493 e. The minimum atomic E-state index is -1.21. The number of methoxy groups -OCH3 is 2. The SMILES string of the molecule is COc1ccc(CCN2C(=O)[C@H]3[C@H](C(=O)Nc4ccc(C(C)C)cc4)[C@H]4C=C[C@@]3(O4)[C@@H]2C(=O)N[C@@H]2CCC[C@H](C)[C@@H]2C)cc1OC. The monoisotopic (exact) mass is 629 g/mol. The lowest BCUT2D eigenvalue weighted by Gasteiger charge is -2.38. The summed E-state index contributed by atoms with van der Waals surface area (Å²) in [7, 11) is 3.18. The normalized spacial score (nSPS) is 31.2. The van der Waals surface area contributed by atoms with Crippen LogP contribution in [-0.2, 0) is 25.5 Å². The second-order valence-electron chi connectivity index (χ2n) is 13.8. The summed E-state index contributed by atoms with van der Waals surface area (Å²) in [5, 5.41) is 6.36. The van der Waals surface area contributed by atoms with Crippen LogP contribution in [0.5, 0.6) is 11.5 Å². The summed E-state index contributed by atoms with van der Waals surface area (Å²) in [4.78, 5) is 44.3. The molecule has 0 radical (unpaired) electrons. The highest BCUT2D eigenvalue weighted by Crippen LogP contribution is 2.55. The Balaban J connectivity index is 1.28. The quantitative estimate of drug-likeness (QED) is 0.355. The maximum Gasteiger partial charge on any atom is 0.246 e. The average molecular weight is 630 g/mol. The van der Waals surface area contributed by atoms with Crippen LogP contribution in [0.4, 0.5) is 5.69 Å². The number of carbonyl (C=O) groups is 3. The molecule has 2 saturated heterocycles. The van der Waals surface area contributed by atoms with Crippen molar-refractivity contribution in [3.63, 3.8) is 0 Å². The van der Waals surface area contributed by atoms with E-state index < -0.39 is 29.6 Å². The summed E-state index contributed by atoms with van der Waals surface area (Å²) in [5.74, 6) is 0.128. The molecule has 9 heteroatoms. The van der Waals surface area contributed by atoms with Gasteiger partial charge in [0, 0.05) is 18.3 Å². The van der Waals surface area contributed by atoms with E-state index in [1.54, 1.807) is 19.1 Å². The first-order chi connectivity index (χ1) is 22.1. The van der Waals surface area contributed by atoms with E-state index in [1.165, 1.54) is 5.56 Å². The van der Waals surface area contributed by atoms with E-state index in [9.17, 15) is 14.4 Å². The number of nitrogens with zero attached hydrogens (tertiary/aromatic N) is 1. The Hall–Kier alpha value is -3.85. The first-order valence-electron chi connectivity index (χ1n) is 16.7. The molecular weight excluding hydrogens is 582 g/mol. The Bertz CT molecular complexity index is 1500. The van der Waals surface area contributed by atoms with Crippen molar-refractivity contribution in [3.8, 4) is 11.5 Å². The molecule has 2 aromatic carbocycles. The van der Waals surface area contributed by atoms with Gasteiger partial charge in [0.2, 0.25) is 17.7 Å². The summed E-state index contributed by atoms with van der Waals surface area (Å²) in [5.41, 5.74) is 1.57. The summed E-state index contributed by atoms with van der Waals surface area (Å²) in [6, 6.07) is 12.6. The molecule has 2 N–H and O–H groups in total. The number of hydrogen-bond donors (Lipinski definition) is 2. The molecule has 1 spiro atoms. The van der Waals surface area contributed by atoms with Crippen molar-refractivity contribution in [3.05, 3.63) is 65.7 Å². The van der Waals surface area contributed by atoms with E-state index in [4.69, 9.17) is 14.2 Å². The van der Waals surface area contributed by atoms with Gasteiger partial charge in [0.05, 0.1) is 32.2 Å². The Labute approximate surface area is 272 Å². The molecule has 9 nitrogen and oxygen atoms in total. The van der Waals surface area contributed by atoms with Gasteiger partial charge in [0.1, 0.15) is 11.6 Å². The second kappa shape index (κ2) is 12.7. The van der Waals surface area contributed by atoms with Crippen LogP contribution in [0.2, 0.25) is 0 Å². The van der Waals surface area contributed by atoms with Gasteiger partial charge in [0.25, 0.3) is 0 Å². The van der Waals surface area contributed by atoms with Crippen LogP contribution >= 0.6 is 0 Å². The Morgan fingerprint density at radius 3 is 2.46 bits per heavy atom. The highest BCUT2D eigenvalue weighted by molar-refractivity contribution is 6.02. The molecule has 0 unspecified atom stereocenters. The van der Waals surface area contributed by atoms with E-state index in [2.05, 4.69) is 38.3 Å². The zero-order valence-corrected chi connectivity index (χ0v) is 27.7. The molecule has 6 rings (SSSR count). The topological polar surface area (TPSA) is 106 Å². The number of nitrogens with one attached hydrogen (secondary N) is 2. The maximum atomic E-state index is 14.4. The number of likely N-dealkylation sites (tertiary alicyclic amines) is 1. The highest BCUT2D eigenvalue weighted by atomic mass is 16.5. The predicted octanol–water partition coefficient (Wildman–Crippen LogP) is 5.10. The van der Waals surface area contributed by atoms with Gasteiger partial charge in [-0.1, -0.05) is 70.9 Å². The Kier molecular flexibility index (Phi) is 8.89. The number of rotatable bonds is 10. The average Bonchev–Trinajstić information content (AvgIpc) is 3.69. The fourth-order valence-electron chi connectivity index (χ4n) is 8.02. The maximum absolute atomic E-state index is 14.4. The van der Waals surface area contributed by atoms with E-state index in [0.29, 0.717) is 41.4 Å². The van der Waals surface area contributed by atoms with Crippen molar-refractivity contribution in [2.45, 2.75) is 83.1 Å². The van der Waals surface area contributed by atoms with Gasteiger partial charge in [-0.2, -0.15) is 0 Å². The third-order valence-electron chi connectivity index (χ3n) is 10.9. The van der Waals surface area contributed by atoms with Crippen molar-refractivity contribution < 1.29 is 28.6 Å². The van der Waals surface area contributed by atoms with Crippen LogP contribution in [0.3, 0.4) is 0 Å². The fourth-order valence-corrected chi connectivity index (χ4v) is 8.02. The van der Waals surface area contributed by atoms with Crippen molar-refractivity contribution in [2.75, 3.05) is 26.1 Å². The van der Waals surface area contributed by atoms with Crippen molar-refractivity contribution in [1.29, 1.82) is 0 Å². The fraction of sp³-hybridized carbons (Fsp3) is 0.541. The molecule has 46 heavy (non-hydrogen) atoms. The number of fused-ring (bicyclic) bond motifs is 1. The molecule has 4 aliphatic rings. The first kappa shape index (κ1) is 32.1. The van der Waals surface area contributed by atoms with Crippen LogP contribution in [0, 0.1) is 23.7 Å². The molecule has 3 aliphatic heterocycles. The van der Waals surface area contributed by atoms with Gasteiger partial charge in [-0.05, 0) is 66.0 Å². The Morgan fingerprint density at radius 2 is 1.76 bits per heavy atom. The zero-order valence-electron chi connectivity index (χ0n) is 27.7. The van der Waals surface area contributed by atoms with Crippen LogP contribution in [0.25, 0.3) is 0 Å². The van der Waals surface area contributed by atoms with Gasteiger partial charge >= 0.3 is 0 Å². The van der Waals surface area contributed by atoms with Gasteiger partial charge in [-0.3, -0.25) is 14.4 Å². The number of hydrogen-bond acceptors (Lipinski definition) is 6. The van der Waals surface area contributed by atoms with Gasteiger partial charge in [-0.25, -0.2) is 0 Å². The minimum absolute atomic E-state index is 0.0185. The van der Waals surface area contributed by atoms with E-state index in [-0.39, 0.29) is 30.3 Å². The lowest BCUT2D eigenvalue weighted by atomic mass is 9.73. The van der Waals surface area contributed by atoms with Gasteiger partial charge in [0.15, 0.2) is 11.5 Å². The summed E-state index contributed by atoms with van der Waals surface area (Å²) < 4.78 is 17.5. The molecular formula is C37H47N3O6. The zero-order chi connectivity index (χ0) is 32.7. The number of benzene rings is 2. The predicted molar refractivity (Wildman–Crippen MR) is 176 cm³/mol. The summed E-state index contributed by atoms with van der Waals surface area (Å²) in [6.45, 7) is 8.95. The first-order valence-corrected chi connectivity index (χ1v) is 16.7. The molecule has 8 atom stereocenters. The Morgan fingerprint density at radius 1 is 1.02 bits per heavy atom.